The normalized spacial score (nSPS) is 10.0. The van der Waals surface area contributed by atoms with E-state index in [4.69, 9.17) is 5.26 Å². The van der Waals surface area contributed by atoms with Crippen molar-refractivity contribution < 1.29 is 0 Å². The zero-order valence-electron chi connectivity index (χ0n) is 9.18. The second-order valence-electron chi connectivity index (χ2n) is 3.40. The molecule has 1 heterocycles. The Labute approximate surface area is 116 Å². The van der Waals surface area contributed by atoms with E-state index in [1.165, 1.54) is 6.20 Å². The Morgan fingerprint density at radius 3 is 2.89 bits per heavy atom. The number of rotatable bonds is 3. The van der Waals surface area contributed by atoms with E-state index in [0.29, 0.717) is 11.6 Å². The number of nitrogens with one attached hydrogen (secondary N) is 1. The number of H-pyrrole nitrogens is 1. The lowest BCUT2D eigenvalue weighted by atomic mass is 10.4. The van der Waals surface area contributed by atoms with Gasteiger partial charge < -0.3 is 4.98 Å². The molecular formula is C12H8BrN3OS. The number of halogens is 1. The van der Waals surface area contributed by atoms with Crippen LogP contribution >= 0.6 is 27.7 Å². The Morgan fingerprint density at radius 2 is 2.22 bits per heavy atom. The molecule has 2 rings (SSSR count). The number of aromatic amines is 1. The molecule has 1 N–H and O–H groups in total. The Hall–Kier alpha value is -1.58. The molecule has 18 heavy (non-hydrogen) atoms. The van der Waals surface area contributed by atoms with E-state index in [9.17, 15) is 4.79 Å². The first kappa shape index (κ1) is 12.9. The molecule has 0 unspecified atom stereocenters. The molecule has 0 aliphatic carbocycles. The maximum Gasteiger partial charge on any atom is 0.268 e. The molecule has 1 aromatic carbocycles. The van der Waals surface area contributed by atoms with Crippen LogP contribution in [0.15, 0.2) is 44.6 Å². The number of thioether (sulfide) groups is 1. The van der Waals surface area contributed by atoms with Crippen LogP contribution in [0, 0.1) is 11.3 Å². The van der Waals surface area contributed by atoms with E-state index in [1.54, 1.807) is 17.8 Å². The number of hydrogen-bond acceptors (Lipinski definition) is 4. The highest BCUT2D eigenvalue weighted by Crippen LogP contribution is 2.28. The number of nitriles is 1. The van der Waals surface area contributed by atoms with Crippen molar-refractivity contribution in [1.82, 2.24) is 9.97 Å². The van der Waals surface area contributed by atoms with Gasteiger partial charge in [-0.05, 0) is 28.1 Å². The first-order valence-corrected chi connectivity index (χ1v) is 6.84. The summed E-state index contributed by atoms with van der Waals surface area (Å²) < 4.78 is 1.01. The van der Waals surface area contributed by atoms with Gasteiger partial charge in [0.1, 0.15) is 17.5 Å². The van der Waals surface area contributed by atoms with Gasteiger partial charge in [0.2, 0.25) is 0 Å². The molecule has 0 spiro atoms. The topological polar surface area (TPSA) is 69.5 Å². The highest BCUT2D eigenvalue weighted by molar-refractivity contribution is 9.10. The Balaban J connectivity index is 2.12. The fourth-order valence-electron chi connectivity index (χ4n) is 1.29. The van der Waals surface area contributed by atoms with Crippen LogP contribution in [-0.2, 0) is 5.75 Å². The summed E-state index contributed by atoms with van der Waals surface area (Å²) in [7, 11) is 0. The third kappa shape index (κ3) is 3.00. The van der Waals surface area contributed by atoms with Crippen LogP contribution in [0.3, 0.4) is 0 Å². The van der Waals surface area contributed by atoms with E-state index in [-0.39, 0.29) is 5.56 Å². The van der Waals surface area contributed by atoms with Gasteiger partial charge in [-0.15, -0.1) is 11.8 Å². The summed E-state index contributed by atoms with van der Waals surface area (Å²) >= 11 is 5.01. The third-order valence-electron chi connectivity index (χ3n) is 2.17. The van der Waals surface area contributed by atoms with E-state index >= 15 is 0 Å². The van der Waals surface area contributed by atoms with E-state index < -0.39 is 5.56 Å². The van der Waals surface area contributed by atoms with Gasteiger partial charge in [-0.1, -0.05) is 12.1 Å². The minimum absolute atomic E-state index is 0.0321. The van der Waals surface area contributed by atoms with Crippen molar-refractivity contribution >= 4 is 27.7 Å². The number of benzene rings is 1. The predicted molar refractivity (Wildman–Crippen MR) is 73.3 cm³/mol. The zero-order chi connectivity index (χ0) is 13.0. The predicted octanol–water partition coefficient (Wildman–Crippen LogP) is 2.70. The quantitative estimate of drug-likeness (QED) is 0.882. The molecular weight excluding hydrogens is 314 g/mol. The van der Waals surface area contributed by atoms with Gasteiger partial charge in [0.15, 0.2) is 0 Å². The molecule has 0 atom stereocenters. The van der Waals surface area contributed by atoms with Crippen molar-refractivity contribution in [3.8, 4) is 6.07 Å². The molecule has 4 nitrogen and oxygen atoms in total. The lowest BCUT2D eigenvalue weighted by Crippen LogP contribution is -2.13. The van der Waals surface area contributed by atoms with Crippen LogP contribution in [-0.4, -0.2) is 9.97 Å². The van der Waals surface area contributed by atoms with Gasteiger partial charge >= 0.3 is 0 Å². The molecule has 90 valence electrons. The van der Waals surface area contributed by atoms with E-state index in [2.05, 4.69) is 25.9 Å². The van der Waals surface area contributed by atoms with Crippen molar-refractivity contribution in [2.24, 2.45) is 0 Å². The van der Waals surface area contributed by atoms with Gasteiger partial charge in [0, 0.05) is 9.37 Å². The summed E-state index contributed by atoms with van der Waals surface area (Å²) in [5, 5.41) is 8.63. The van der Waals surface area contributed by atoms with Crippen molar-refractivity contribution in [2.75, 3.05) is 0 Å². The average molecular weight is 322 g/mol. The molecule has 6 heteroatoms. The Morgan fingerprint density at radius 1 is 1.44 bits per heavy atom. The number of hydrogen-bond donors (Lipinski definition) is 1. The Kier molecular flexibility index (Phi) is 4.18. The summed E-state index contributed by atoms with van der Waals surface area (Å²) in [6, 6.07) is 9.61. The lowest BCUT2D eigenvalue weighted by molar-refractivity contribution is 0.992. The minimum atomic E-state index is -0.393. The third-order valence-corrected chi connectivity index (χ3v) is 4.21. The standard InChI is InChI=1S/C12H8BrN3OS/c13-9-3-1-2-4-10(9)18-7-11-15-6-8(5-14)12(17)16-11/h1-4,6H,7H2,(H,15,16,17). The molecule has 0 saturated heterocycles. The summed E-state index contributed by atoms with van der Waals surface area (Å²) in [5.74, 6) is 1.10. The first-order valence-electron chi connectivity index (χ1n) is 5.06. The van der Waals surface area contributed by atoms with Crippen LogP contribution in [0.2, 0.25) is 0 Å². The smallest absolute Gasteiger partial charge is 0.268 e. The fourth-order valence-corrected chi connectivity index (χ4v) is 2.74. The van der Waals surface area contributed by atoms with Crippen molar-refractivity contribution in [3.63, 3.8) is 0 Å². The average Bonchev–Trinajstić information content (AvgIpc) is 2.38. The maximum absolute atomic E-state index is 11.4. The molecule has 0 fully saturated rings. The van der Waals surface area contributed by atoms with Crippen LogP contribution in [0.5, 0.6) is 0 Å². The molecule has 0 aliphatic heterocycles. The SMILES string of the molecule is N#Cc1cnc(CSc2ccccc2Br)[nH]c1=O. The van der Waals surface area contributed by atoms with Crippen LogP contribution in [0.25, 0.3) is 0 Å². The van der Waals surface area contributed by atoms with Gasteiger partial charge in [-0.25, -0.2) is 4.98 Å². The molecule has 0 saturated carbocycles. The van der Waals surface area contributed by atoms with Crippen LogP contribution in [0.4, 0.5) is 0 Å². The lowest BCUT2D eigenvalue weighted by Gasteiger charge is -2.03. The highest BCUT2D eigenvalue weighted by atomic mass is 79.9. The maximum atomic E-state index is 11.4. The number of aromatic nitrogens is 2. The minimum Gasteiger partial charge on any atom is -0.309 e. The monoisotopic (exact) mass is 321 g/mol. The zero-order valence-corrected chi connectivity index (χ0v) is 11.6. The van der Waals surface area contributed by atoms with Gasteiger partial charge in [-0.2, -0.15) is 5.26 Å². The molecule has 0 amide bonds. The van der Waals surface area contributed by atoms with E-state index in [0.717, 1.165) is 9.37 Å². The van der Waals surface area contributed by atoms with Gasteiger partial charge in [0.05, 0.1) is 11.9 Å². The summed E-state index contributed by atoms with van der Waals surface area (Å²) in [6.45, 7) is 0. The van der Waals surface area contributed by atoms with Crippen molar-refractivity contribution in [3.05, 3.63) is 56.7 Å². The molecule has 2 aromatic rings. The first-order chi connectivity index (χ1) is 8.70. The second kappa shape index (κ2) is 5.85. The Bertz CT molecular complexity index is 663. The van der Waals surface area contributed by atoms with Crippen molar-refractivity contribution in [2.45, 2.75) is 10.6 Å². The molecule has 1 aromatic heterocycles. The van der Waals surface area contributed by atoms with Gasteiger partial charge in [0.25, 0.3) is 5.56 Å². The largest absolute Gasteiger partial charge is 0.309 e. The van der Waals surface area contributed by atoms with Crippen LogP contribution < -0.4 is 5.56 Å². The molecule has 0 aliphatic rings. The molecule has 0 bridgehead atoms. The summed E-state index contributed by atoms with van der Waals surface area (Å²) in [6.07, 6.45) is 1.30. The number of nitrogens with zero attached hydrogens (tertiary/aromatic N) is 2. The summed E-state index contributed by atoms with van der Waals surface area (Å²) in [5.41, 5.74) is -0.361. The fraction of sp³-hybridized carbons (Fsp3) is 0.0833. The highest BCUT2D eigenvalue weighted by Gasteiger charge is 2.04. The molecule has 0 radical (unpaired) electrons. The summed E-state index contributed by atoms with van der Waals surface area (Å²) in [4.78, 5) is 19.1. The second-order valence-corrected chi connectivity index (χ2v) is 5.28. The van der Waals surface area contributed by atoms with Crippen LogP contribution in [0.1, 0.15) is 11.4 Å². The van der Waals surface area contributed by atoms with Gasteiger partial charge in [-0.3, -0.25) is 4.79 Å². The van der Waals surface area contributed by atoms with Crippen molar-refractivity contribution in [1.29, 1.82) is 5.26 Å². The van der Waals surface area contributed by atoms with E-state index in [1.807, 2.05) is 24.3 Å².